The first-order valence-electron chi connectivity index (χ1n) is 8.90. The second-order valence-corrected chi connectivity index (χ2v) is 7.81. The molecule has 28 heavy (non-hydrogen) atoms. The standard InChI is InChI=1S/C20H20Cl2N4OS/c1-2-26-19(15-8-9-16(21)17(22)12-15)24-25-20(26)28-13-18(27)23-11-10-14-6-4-3-5-7-14/h3-9,12H,2,10-11,13H2,1H3,(H,23,27). The molecule has 1 amide bonds. The third-order valence-corrected chi connectivity index (χ3v) is 5.83. The number of hydrogen-bond acceptors (Lipinski definition) is 4. The van der Waals surface area contributed by atoms with Crippen molar-refractivity contribution in [1.82, 2.24) is 20.1 Å². The number of nitrogens with one attached hydrogen (secondary N) is 1. The van der Waals surface area contributed by atoms with Gasteiger partial charge in [-0.3, -0.25) is 4.79 Å². The molecule has 0 aliphatic heterocycles. The number of rotatable bonds is 8. The molecule has 0 aliphatic rings. The lowest BCUT2D eigenvalue weighted by molar-refractivity contribution is -0.118. The van der Waals surface area contributed by atoms with E-state index < -0.39 is 0 Å². The zero-order valence-corrected chi connectivity index (χ0v) is 17.7. The van der Waals surface area contributed by atoms with E-state index in [1.807, 2.05) is 35.8 Å². The van der Waals surface area contributed by atoms with Crippen molar-refractivity contribution in [1.29, 1.82) is 0 Å². The van der Waals surface area contributed by atoms with Crippen LogP contribution in [0.15, 0.2) is 53.7 Å². The summed E-state index contributed by atoms with van der Waals surface area (Å²) in [6, 6.07) is 15.4. The molecule has 146 valence electrons. The summed E-state index contributed by atoms with van der Waals surface area (Å²) in [6.07, 6.45) is 0.809. The second-order valence-electron chi connectivity index (χ2n) is 6.05. The first kappa shape index (κ1) is 20.7. The maximum Gasteiger partial charge on any atom is 0.230 e. The Hall–Kier alpha value is -2.02. The minimum atomic E-state index is -0.0253. The highest BCUT2D eigenvalue weighted by molar-refractivity contribution is 7.99. The summed E-state index contributed by atoms with van der Waals surface area (Å²) < 4.78 is 1.96. The van der Waals surface area contributed by atoms with E-state index >= 15 is 0 Å². The predicted octanol–water partition coefficient (Wildman–Crippen LogP) is 4.72. The smallest absolute Gasteiger partial charge is 0.230 e. The van der Waals surface area contributed by atoms with E-state index in [4.69, 9.17) is 23.2 Å². The van der Waals surface area contributed by atoms with E-state index in [9.17, 15) is 4.79 Å². The Morgan fingerprint density at radius 1 is 1.11 bits per heavy atom. The molecule has 0 saturated carbocycles. The number of carbonyl (C=O) groups excluding carboxylic acids is 1. The summed E-state index contributed by atoms with van der Waals surface area (Å²) in [6.45, 7) is 3.30. The summed E-state index contributed by atoms with van der Waals surface area (Å²) in [7, 11) is 0. The number of halogens is 2. The van der Waals surface area contributed by atoms with Crippen LogP contribution in [-0.4, -0.2) is 33.0 Å². The third kappa shape index (κ3) is 5.28. The SMILES string of the molecule is CCn1c(SCC(=O)NCCc2ccccc2)nnc1-c1ccc(Cl)c(Cl)c1. The minimum absolute atomic E-state index is 0.0253. The van der Waals surface area contributed by atoms with Crippen molar-refractivity contribution in [3.05, 3.63) is 64.1 Å². The lowest BCUT2D eigenvalue weighted by Crippen LogP contribution is -2.27. The summed E-state index contributed by atoms with van der Waals surface area (Å²) in [4.78, 5) is 12.1. The number of carbonyl (C=O) groups is 1. The molecule has 1 N–H and O–H groups in total. The van der Waals surface area contributed by atoms with Gasteiger partial charge < -0.3 is 9.88 Å². The average molecular weight is 435 g/mol. The number of hydrogen-bond donors (Lipinski definition) is 1. The zero-order chi connectivity index (χ0) is 19.9. The van der Waals surface area contributed by atoms with E-state index in [1.165, 1.54) is 17.3 Å². The molecule has 0 atom stereocenters. The van der Waals surface area contributed by atoms with Crippen molar-refractivity contribution >= 4 is 40.9 Å². The Kier molecular flexibility index (Phi) is 7.36. The second kappa shape index (κ2) is 9.96. The van der Waals surface area contributed by atoms with Gasteiger partial charge in [-0.25, -0.2) is 0 Å². The molecule has 1 aromatic heterocycles. The molecule has 3 rings (SSSR count). The molecule has 0 bridgehead atoms. The summed E-state index contributed by atoms with van der Waals surface area (Å²) in [5, 5.41) is 13.1. The van der Waals surface area contributed by atoms with Crippen LogP contribution in [0.25, 0.3) is 11.4 Å². The normalized spacial score (nSPS) is 10.8. The maximum absolute atomic E-state index is 12.1. The van der Waals surface area contributed by atoms with Gasteiger partial charge in [-0.05, 0) is 37.1 Å². The number of amides is 1. The molecule has 2 aromatic carbocycles. The fourth-order valence-corrected chi connectivity index (χ4v) is 3.83. The average Bonchev–Trinajstić information content (AvgIpc) is 3.12. The van der Waals surface area contributed by atoms with Crippen LogP contribution in [0, 0.1) is 0 Å². The molecule has 3 aromatic rings. The Balaban J connectivity index is 1.57. The van der Waals surface area contributed by atoms with Gasteiger partial charge in [0.15, 0.2) is 11.0 Å². The fraction of sp³-hybridized carbons (Fsp3) is 0.250. The monoisotopic (exact) mass is 434 g/mol. The van der Waals surface area contributed by atoms with Crippen molar-refractivity contribution in [2.45, 2.75) is 25.0 Å². The van der Waals surface area contributed by atoms with Gasteiger partial charge in [0, 0.05) is 18.7 Å². The topological polar surface area (TPSA) is 59.8 Å². The van der Waals surface area contributed by atoms with Crippen LogP contribution in [0.1, 0.15) is 12.5 Å². The molecule has 1 heterocycles. The van der Waals surface area contributed by atoms with E-state index in [2.05, 4.69) is 27.6 Å². The van der Waals surface area contributed by atoms with Crippen LogP contribution < -0.4 is 5.32 Å². The van der Waals surface area contributed by atoms with E-state index in [-0.39, 0.29) is 11.7 Å². The van der Waals surface area contributed by atoms with Crippen molar-refractivity contribution < 1.29 is 4.79 Å². The summed E-state index contributed by atoms with van der Waals surface area (Å²) in [5.74, 6) is 0.963. The molecule has 0 unspecified atom stereocenters. The Morgan fingerprint density at radius 3 is 2.61 bits per heavy atom. The largest absolute Gasteiger partial charge is 0.355 e. The molecule has 0 saturated heterocycles. The van der Waals surface area contributed by atoms with Crippen LogP contribution in [-0.2, 0) is 17.8 Å². The molecular formula is C20H20Cl2N4OS. The van der Waals surface area contributed by atoms with Gasteiger partial charge in [-0.15, -0.1) is 10.2 Å². The van der Waals surface area contributed by atoms with Crippen LogP contribution in [0.4, 0.5) is 0 Å². The molecule has 0 radical (unpaired) electrons. The first-order valence-corrected chi connectivity index (χ1v) is 10.6. The van der Waals surface area contributed by atoms with Crippen LogP contribution >= 0.6 is 35.0 Å². The van der Waals surface area contributed by atoms with Crippen LogP contribution in [0.3, 0.4) is 0 Å². The van der Waals surface area contributed by atoms with Gasteiger partial charge in [0.2, 0.25) is 5.91 Å². The van der Waals surface area contributed by atoms with Crippen LogP contribution in [0.2, 0.25) is 10.0 Å². The third-order valence-electron chi connectivity index (χ3n) is 4.12. The Bertz CT molecular complexity index is 947. The maximum atomic E-state index is 12.1. The van der Waals surface area contributed by atoms with Gasteiger partial charge in [0.05, 0.1) is 15.8 Å². The number of nitrogens with zero attached hydrogens (tertiary/aromatic N) is 3. The Morgan fingerprint density at radius 2 is 1.89 bits per heavy atom. The zero-order valence-electron chi connectivity index (χ0n) is 15.4. The lowest BCUT2D eigenvalue weighted by Gasteiger charge is -2.08. The van der Waals surface area contributed by atoms with Crippen molar-refractivity contribution in [2.75, 3.05) is 12.3 Å². The van der Waals surface area contributed by atoms with Crippen LogP contribution in [0.5, 0.6) is 0 Å². The quantitative estimate of drug-likeness (QED) is 0.520. The molecule has 0 fully saturated rings. The van der Waals surface area contributed by atoms with Gasteiger partial charge in [-0.1, -0.05) is 65.3 Å². The lowest BCUT2D eigenvalue weighted by atomic mass is 10.1. The number of thioether (sulfide) groups is 1. The Labute approximate surface area is 178 Å². The predicted molar refractivity (Wildman–Crippen MR) is 115 cm³/mol. The molecular weight excluding hydrogens is 415 g/mol. The minimum Gasteiger partial charge on any atom is -0.355 e. The van der Waals surface area contributed by atoms with Crippen molar-refractivity contribution in [3.63, 3.8) is 0 Å². The van der Waals surface area contributed by atoms with Gasteiger partial charge in [0.25, 0.3) is 0 Å². The summed E-state index contributed by atoms with van der Waals surface area (Å²) in [5.41, 5.74) is 2.04. The van der Waals surface area contributed by atoms with Crippen molar-refractivity contribution in [3.8, 4) is 11.4 Å². The highest BCUT2D eigenvalue weighted by Gasteiger charge is 2.15. The highest BCUT2D eigenvalue weighted by Crippen LogP contribution is 2.29. The first-order chi connectivity index (χ1) is 13.6. The number of aromatic nitrogens is 3. The van der Waals surface area contributed by atoms with Gasteiger partial charge in [0.1, 0.15) is 0 Å². The van der Waals surface area contributed by atoms with Gasteiger partial charge >= 0.3 is 0 Å². The molecule has 0 spiro atoms. The van der Waals surface area contributed by atoms with Crippen molar-refractivity contribution in [2.24, 2.45) is 0 Å². The van der Waals surface area contributed by atoms with Gasteiger partial charge in [-0.2, -0.15) is 0 Å². The number of benzene rings is 2. The fourth-order valence-electron chi connectivity index (χ4n) is 2.70. The van der Waals surface area contributed by atoms with E-state index in [0.717, 1.165) is 12.0 Å². The highest BCUT2D eigenvalue weighted by atomic mass is 35.5. The molecule has 8 heteroatoms. The molecule has 5 nitrogen and oxygen atoms in total. The summed E-state index contributed by atoms with van der Waals surface area (Å²) >= 11 is 13.5. The van der Waals surface area contributed by atoms with E-state index in [0.29, 0.717) is 34.1 Å². The molecule has 0 aliphatic carbocycles. The van der Waals surface area contributed by atoms with E-state index in [1.54, 1.807) is 12.1 Å².